The van der Waals surface area contributed by atoms with Crippen LogP contribution in [0.4, 0.5) is 0 Å². The molecule has 0 aliphatic heterocycles. The number of H-pyrrole nitrogens is 3. The summed E-state index contributed by atoms with van der Waals surface area (Å²) >= 11 is 0. The first-order chi connectivity index (χ1) is 34.3. The molecule has 0 amide bonds. The first kappa shape index (κ1) is 65.4. The third-order valence-corrected chi connectivity index (χ3v) is 13.3. The fourth-order valence-electron chi connectivity index (χ4n) is 7.51. The number of rotatable bonds is 0. The van der Waals surface area contributed by atoms with Crippen molar-refractivity contribution in [2.24, 2.45) is 16.7 Å². The summed E-state index contributed by atoms with van der Waals surface area (Å²) in [5.74, 6) is 1.14. The van der Waals surface area contributed by atoms with Crippen molar-refractivity contribution in [3.63, 3.8) is 0 Å². The van der Waals surface area contributed by atoms with E-state index in [9.17, 15) is 0 Å². The van der Waals surface area contributed by atoms with Crippen LogP contribution in [0.1, 0.15) is 219 Å². The molecule has 3 aliphatic carbocycles. The summed E-state index contributed by atoms with van der Waals surface area (Å²) in [7, 11) is 0. The summed E-state index contributed by atoms with van der Waals surface area (Å²) in [4.78, 5) is 8.30. The van der Waals surface area contributed by atoms with E-state index in [-0.39, 0.29) is 32.6 Å². The maximum Gasteiger partial charge on any atom is 0.0877 e. The van der Waals surface area contributed by atoms with Crippen LogP contribution in [-0.4, -0.2) is 55.6 Å². The molecule has 0 radical (unpaired) electrons. The maximum atomic E-state index is 4.25. The second-order valence-corrected chi connectivity index (χ2v) is 28.3. The predicted octanol–water partition coefficient (Wildman–Crippen LogP) is 16.7. The molecule has 75 heavy (non-hydrogen) atoms. The zero-order valence-electron chi connectivity index (χ0n) is 51.4. The third-order valence-electron chi connectivity index (χ3n) is 13.3. The molecular formula is C64H103N11. The molecule has 0 spiro atoms. The normalized spacial score (nSPS) is 16.0. The van der Waals surface area contributed by atoms with E-state index in [1.807, 2.05) is 66.0 Å². The quantitative estimate of drug-likeness (QED) is 0.137. The van der Waals surface area contributed by atoms with E-state index in [1.54, 1.807) is 24.8 Å². The van der Waals surface area contributed by atoms with E-state index < -0.39 is 0 Å². The molecular weight excluding hydrogens is 923 g/mol. The topological polar surface area (TPSA) is 143 Å². The molecule has 3 aliphatic rings. The van der Waals surface area contributed by atoms with E-state index in [0.29, 0.717) is 10.8 Å². The Labute approximate surface area is 456 Å². The highest BCUT2D eigenvalue weighted by Crippen LogP contribution is 2.71. The molecule has 3 N–H and O–H groups in total. The second-order valence-electron chi connectivity index (χ2n) is 28.3. The average Bonchev–Trinajstić information content (AvgIpc) is 4.12. The Hall–Kier alpha value is -5.71. The van der Waals surface area contributed by atoms with Crippen molar-refractivity contribution in [1.29, 1.82) is 0 Å². The molecule has 0 unspecified atom stereocenters. The third kappa shape index (κ3) is 23.8. The second kappa shape index (κ2) is 27.4. The number of aromatic amines is 3. The molecule has 2 bridgehead atoms. The predicted molar refractivity (Wildman–Crippen MR) is 317 cm³/mol. The van der Waals surface area contributed by atoms with Crippen LogP contribution in [-0.2, 0) is 38.0 Å². The molecule has 6 heterocycles. The molecule has 0 saturated heterocycles. The molecule has 7 aromatic rings. The van der Waals surface area contributed by atoms with Gasteiger partial charge in [-0.05, 0) is 120 Å². The van der Waals surface area contributed by atoms with Gasteiger partial charge >= 0.3 is 0 Å². The average molecular weight is 1030 g/mol. The van der Waals surface area contributed by atoms with Gasteiger partial charge in [0.1, 0.15) is 0 Å². The molecule has 11 heteroatoms. The standard InChI is InChI=1S/C10H14.2C9H13N.C9H16.3C7H12N2.C6H11N3/c1-10(2,3)9-7-5-4-6-8-9;1-9(2,3)8-5-4-6-10-7-8;1-9(2,3)8-6-4-5-7-10-8;1-8(2,3)9-4-7(5-9)6-9;1-7(2,3)6-4-8-9-5-6;1-7(2,3)9-6-4-5-8-9;1-7(2,3)6-4-5-8-9-6;1-6(2,3)5-4-7-9-8-5/h4-8H,1-3H3;2*4-7H,1-3H3;7H,4-6H2,1-3H3;4-5H,1-3H3,(H,8,9);4-6H,1-3H3;4-5H,1-3H3,(H,8,9);4H,1-3H3,(H,7,8,9). The van der Waals surface area contributed by atoms with Crippen molar-refractivity contribution in [3.8, 4) is 0 Å². The molecule has 1 aromatic carbocycles. The smallest absolute Gasteiger partial charge is 0.0877 e. The summed E-state index contributed by atoms with van der Waals surface area (Å²) < 4.78 is 1.94. The molecule has 0 atom stereocenters. The Morgan fingerprint density at radius 1 is 0.467 bits per heavy atom. The van der Waals surface area contributed by atoms with Crippen LogP contribution in [0.25, 0.3) is 0 Å². The largest absolute Gasteiger partial charge is 0.285 e. The van der Waals surface area contributed by atoms with Gasteiger partial charge in [-0.25, -0.2) is 0 Å². The van der Waals surface area contributed by atoms with Gasteiger partial charge in [0.2, 0.25) is 0 Å². The van der Waals surface area contributed by atoms with Crippen molar-refractivity contribution in [2.75, 3.05) is 0 Å². The van der Waals surface area contributed by atoms with Crippen LogP contribution >= 0.6 is 0 Å². The minimum absolute atomic E-state index is 0.118. The Balaban J connectivity index is 0.000000293. The number of hydrogen-bond donors (Lipinski definition) is 3. The van der Waals surface area contributed by atoms with E-state index >= 15 is 0 Å². The lowest BCUT2D eigenvalue weighted by Crippen LogP contribution is -2.58. The summed E-state index contributed by atoms with van der Waals surface area (Å²) in [5.41, 5.74) is 10.1. The SMILES string of the molecule is CC(C)(C)C12CC(C1)C2.CC(C)(C)c1ccccc1.CC(C)(C)c1ccccn1.CC(C)(C)c1cccnc1.CC(C)(C)c1ccn[nH]1.CC(C)(C)c1cn[nH]c1.CC(C)(C)c1cn[nH]n1.CC(C)(C)n1cccn1. The summed E-state index contributed by atoms with van der Waals surface area (Å²) in [6, 6.07) is 24.6. The van der Waals surface area contributed by atoms with Gasteiger partial charge in [0.05, 0.1) is 23.6 Å². The van der Waals surface area contributed by atoms with Crippen molar-refractivity contribution in [1.82, 2.24) is 55.6 Å². The summed E-state index contributed by atoms with van der Waals surface area (Å²) in [5, 5.41) is 27.8. The number of hydrogen-bond acceptors (Lipinski definition) is 7. The van der Waals surface area contributed by atoms with Gasteiger partial charge in [-0.2, -0.15) is 30.7 Å². The Bertz CT molecular complexity index is 2180. The van der Waals surface area contributed by atoms with Crippen molar-refractivity contribution in [2.45, 2.75) is 223 Å². The first-order valence-corrected chi connectivity index (χ1v) is 27.0. The van der Waals surface area contributed by atoms with Crippen LogP contribution in [0, 0.1) is 16.7 Å². The van der Waals surface area contributed by atoms with Crippen LogP contribution < -0.4 is 0 Å². The molecule has 414 valence electrons. The highest BCUT2D eigenvalue weighted by Gasteiger charge is 2.61. The minimum Gasteiger partial charge on any atom is -0.285 e. The lowest BCUT2D eigenvalue weighted by molar-refractivity contribution is -0.181. The Morgan fingerprint density at radius 3 is 1.25 bits per heavy atom. The molecule has 11 nitrogen and oxygen atoms in total. The van der Waals surface area contributed by atoms with Gasteiger partial charge in [-0.15, -0.1) is 0 Å². The summed E-state index contributed by atoms with van der Waals surface area (Å²) in [6.45, 7) is 52.5. The molecule has 10 rings (SSSR count). The first-order valence-electron chi connectivity index (χ1n) is 27.0. The summed E-state index contributed by atoms with van der Waals surface area (Å²) in [6.07, 6.45) is 21.3. The monoisotopic (exact) mass is 1030 g/mol. The Morgan fingerprint density at radius 2 is 1.03 bits per heavy atom. The number of pyridine rings is 2. The zero-order valence-corrected chi connectivity index (χ0v) is 51.4. The fourth-order valence-corrected chi connectivity index (χ4v) is 7.51. The van der Waals surface area contributed by atoms with Crippen LogP contribution in [0.2, 0.25) is 0 Å². The van der Waals surface area contributed by atoms with E-state index in [4.69, 9.17) is 0 Å². The lowest BCUT2D eigenvalue weighted by Gasteiger charge is -2.68. The number of nitrogens with one attached hydrogen (secondary N) is 3. The highest BCUT2D eigenvalue weighted by atomic mass is 15.3. The van der Waals surface area contributed by atoms with Crippen molar-refractivity contribution >= 4 is 0 Å². The van der Waals surface area contributed by atoms with Crippen molar-refractivity contribution < 1.29 is 0 Å². The molecule has 3 fully saturated rings. The van der Waals surface area contributed by atoms with Gasteiger partial charge in [0, 0.05) is 71.0 Å². The number of aromatic nitrogens is 11. The fraction of sp³-hybridized carbons (Fsp3) is 0.578. The van der Waals surface area contributed by atoms with Gasteiger partial charge in [0.25, 0.3) is 0 Å². The minimum atomic E-state index is 0.118. The van der Waals surface area contributed by atoms with Crippen LogP contribution in [0.5, 0.6) is 0 Å². The van der Waals surface area contributed by atoms with E-state index in [2.05, 4.69) is 260 Å². The lowest BCUT2D eigenvalue weighted by atomic mass is 9.37. The van der Waals surface area contributed by atoms with Crippen LogP contribution in [0.3, 0.4) is 0 Å². The zero-order chi connectivity index (χ0) is 57.2. The van der Waals surface area contributed by atoms with Gasteiger partial charge in [-0.3, -0.25) is 24.8 Å². The Kier molecular flexibility index (Phi) is 23.9. The number of benzene rings is 1. The highest BCUT2D eigenvalue weighted by molar-refractivity contribution is 5.22. The van der Waals surface area contributed by atoms with Gasteiger partial charge < -0.3 is 0 Å². The van der Waals surface area contributed by atoms with Crippen LogP contribution in [0.15, 0.2) is 129 Å². The van der Waals surface area contributed by atoms with E-state index in [1.165, 1.54) is 41.6 Å². The van der Waals surface area contributed by atoms with E-state index in [0.717, 1.165) is 22.7 Å². The molecule has 3 saturated carbocycles. The van der Waals surface area contributed by atoms with Gasteiger partial charge in [-0.1, -0.05) is 188 Å². The van der Waals surface area contributed by atoms with Gasteiger partial charge in [0.15, 0.2) is 0 Å². The maximum absolute atomic E-state index is 4.25. The molecule has 6 aromatic heterocycles. The number of nitrogens with zero attached hydrogens (tertiary/aromatic N) is 8. The van der Waals surface area contributed by atoms with Crippen molar-refractivity contribution in [3.05, 3.63) is 162 Å².